The minimum Gasteiger partial charge on any atom is -0.384 e. The van der Waals surface area contributed by atoms with Gasteiger partial charge in [0.1, 0.15) is 0 Å². The van der Waals surface area contributed by atoms with Crippen LogP contribution in [0.2, 0.25) is 0 Å². The second-order valence-electron chi connectivity index (χ2n) is 6.30. The first-order valence-electron chi connectivity index (χ1n) is 7.05. The first-order chi connectivity index (χ1) is 9.95. The fraction of sp³-hybridized carbons (Fsp3) is 0.375. The molecule has 0 bridgehead atoms. The van der Waals surface area contributed by atoms with Crippen molar-refractivity contribution in [3.05, 3.63) is 40.9 Å². The molecule has 0 spiro atoms. The van der Waals surface area contributed by atoms with Crippen molar-refractivity contribution in [2.75, 3.05) is 17.2 Å². The van der Waals surface area contributed by atoms with Crippen LogP contribution in [0.1, 0.15) is 37.9 Å². The molecule has 21 heavy (non-hydrogen) atoms. The van der Waals surface area contributed by atoms with Crippen molar-refractivity contribution in [3.63, 3.8) is 0 Å². The summed E-state index contributed by atoms with van der Waals surface area (Å²) in [5.41, 5.74) is 3.11. The molecule has 110 valence electrons. The van der Waals surface area contributed by atoms with Gasteiger partial charge in [-0.1, -0.05) is 39.0 Å². The van der Waals surface area contributed by atoms with Gasteiger partial charge in [0, 0.05) is 23.0 Å². The second-order valence-corrected chi connectivity index (χ2v) is 7.16. The zero-order chi connectivity index (χ0) is 15.0. The highest BCUT2D eigenvalue weighted by molar-refractivity contribution is 7.14. The largest absolute Gasteiger partial charge is 0.384 e. The Morgan fingerprint density at radius 2 is 2.14 bits per heavy atom. The van der Waals surface area contributed by atoms with Crippen molar-refractivity contribution in [1.29, 1.82) is 0 Å². The second kappa shape index (κ2) is 5.15. The Labute approximate surface area is 128 Å². The van der Waals surface area contributed by atoms with Gasteiger partial charge >= 0.3 is 0 Å². The highest BCUT2D eigenvalue weighted by Gasteiger charge is 2.29. The number of carbonyl (C=O) groups excluding carboxylic acids is 1. The number of rotatable bonds is 2. The minimum absolute atomic E-state index is 0.000983. The molecule has 1 unspecified atom stereocenters. The van der Waals surface area contributed by atoms with E-state index in [1.165, 1.54) is 11.3 Å². The number of hydrogen-bond donors (Lipinski definition) is 2. The summed E-state index contributed by atoms with van der Waals surface area (Å²) in [6.45, 7) is 6.99. The Balaban J connectivity index is 1.75. The number of thiazole rings is 1. The predicted molar refractivity (Wildman–Crippen MR) is 87.1 cm³/mol. The molecular formula is C16H19N3OS. The highest BCUT2D eigenvalue weighted by Crippen LogP contribution is 2.32. The van der Waals surface area contributed by atoms with E-state index in [9.17, 15) is 4.79 Å². The van der Waals surface area contributed by atoms with E-state index < -0.39 is 0 Å². The molecule has 0 radical (unpaired) electrons. The summed E-state index contributed by atoms with van der Waals surface area (Å²) in [6.07, 6.45) is 0. The third-order valence-electron chi connectivity index (χ3n) is 3.65. The van der Waals surface area contributed by atoms with Crippen LogP contribution in [0, 0.1) is 0 Å². The summed E-state index contributed by atoms with van der Waals surface area (Å²) in [6, 6.07) is 7.95. The van der Waals surface area contributed by atoms with Crippen molar-refractivity contribution >= 4 is 28.1 Å². The van der Waals surface area contributed by atoms with E-state index in [-0.39, 0.29) is 17.2 Å². The molecule has 0 aliphatic carbocycles. The lowest BCUT2D eigenvalue weighted by Gasteiger charge is -2.14. The van der Waals surface area contributed by atoms with Crippen LogP contribution in [0.3, 0.4) is 0 Å². The molecule has 0 saturated heterocycles. The summed E-state index contributed by atoms with van der Waals surface area (Å²) < 4.78 is 0. The Morgan fingerprint density at radius 3 is 2.86 bits per heavy atom. The van der Waals surface area contributed by atoms with E-state index >= 15 is 0 Å². The number of hydrogen-bond acceptors (Lipinski definition) is 4. The first kappa shape index (κ1) is 14.1. The fourth-order valence-corrected chi connectivity index (χ4v) is 3.33. The number of para-hydroxylation sites is 1. The summed E-state index contributed by atoms with van der Waals surface area (Å²) in [5.74, 6) is -0.148. The van der Waals surface area contributed by atoms with Gasteiger partial charge in [-0.15, -0.1) is 11.3 Å². The number of nitrogens with one attached hydrogen (secondary N) is 2. The van der Waals surface area contributed by atoms with Crippen molar-refractivity contribution in [1.82, 2.24) is 4.98 Å². The molecule has 0 fully saturated rings. The van der Waals surface area contributed by atoms with Crippen LogP contribution in [0.15, 0.2) is 29.6 Å². The standard InChI is InChI=1S/C16H19N3OS/c1-16(2,3)13-9-21-15(18-13)19-14(20)11-8-17-12-7-5-4-6-10(11)12/h4-7,9,11,17H,8H2,1-3H3,(H,18,19,20). The molecular weight excluding hydrogens is 282 g/mol. The molecule has 1 aromatic carbocycles. The number of amides is 1. The van der Waals surface area contributed by atoms with E-state index in [2.05, 4.69) is 36.4 Å². The van der Waals surface area contributed by atoms with Crippen LogP contribution in [0.5, 0.6) is 0 Å². The molecule has 2 N–H and O–H groups in total. The summed E-state index contributed by atoms with van der Waals surface area (Å²) in [7, 11) is 0. The molecule has 2 aromatic rings. The van der Waals surface area contributed by atoms with Gasteiger partial charge in [0.25, 0.3) is 0 Å². The Hall–Kier alpha value is -1.88. The van der Waals surface area contributed by atoms with Crippen LogP contribution in [-0.2, 0) is 10.2 Å². The number of benzene rings is 1. The average molecular weight is 301 g/mol. The smallest absolute Gasteiger partial charge is 0.235 e. The molecule has 4 nitrogen and oxygen atoms in total. The molecule has 1 amide bonds. The lowest BCUT2D eigenvalue weighted by Crippen LogP contribution is -2.22. The van der Waals surface area contributed by atoms with Crippen LogP contribution in [-0.4, -0.2) is 17.4 Å². The molecule has 5 heteroatoms. The summed E-state index contributed by atoms with van der Waals surface area (Å²) in [5, 5.41) is 8.90. The van der Waals surface area contributed by atoms with E-state index in [1.807, 2.05) is 29.6 Å². The number of nitrogens with zero attached hydrogens (tertiary/aromatic N) is 1. The lowest BCUT2D eigenvalue weighted by molar-refractivity contribution is -0.117. The van der Waals surface area contributed by atoms with E-state index in [0.717, 1.165) is 16.9 Å². The quantitative estimate of drug-likeness (QED) is 0.891. The monoisotopic (exact) mass is 301 g/mol. The molecule has 0 saturated carbocycles. The van der Waals surface area contributed by atoms with E-state index in [4.69, 9.17) is 0 Å². The van der Waals surface area contributed by atoms with Crippen LogP contribution >= 0.6 is 11.3 Å². The highest BCUT2D eigenvalue weighted by atomic mass is 32.1. The zero-order valence-corrected chi connectivity index (χ0v) is 13.3. The Kier molecular flexibility index (Phi) is 3.45. The number of aromatic nitrogens is 1. The topological polar surface area (TPSA) is 54.0 Å². The molecule has 3 rings (SSSR count). The third-order valence-corrected chi connectivity index (χ3v) is 4.41. The molecule has 1 aliphatic rings. The van der Waals surface area contributed by atoms with Gasteiger partial charge in [0.2, 0.25) is 5.91 Å². The van der Waals surface area contributed by atoms with Crippen LogP contribution in [0.25, 0.3) is 0 Å². The Morgan fingerprint density at radius 1 is 1.38 bits per heavy atom. The van der Waals surface area contributed by atoms with E-state index in [0.29, 0.717) is 11.7 Å². The zero-order valence-electron chi connectivity index (χ0n) is 12.4. The van der Waals surface area contributed by atoms with Crippen molar-refractivity contribution < 1.29 is 4.79 Å². The molecule has 1 atom stereocenters. The predicted octanol–water partition coefficient (Wildman–Crippen LogP) is 3.59. The van der Waals surface area contributed by atoms with Gasteiger partial charge in [0.15, 0.2) is 5.13 Å². The molecule has 1 aliphatic heterocycles. The van der Waals surface area contributed by atoms with Gasteiger partial charge in [-0.25, -0.2) is 4.98 Å². The van der Waals surface area contributed by atoms with Crippen molar-refractivity contribution in [2.45, 2.75) is 32.1 Å². The van der Waals surface area contributed by atoms with Crippen molar-refractivity contribution in [2.24, 2.45) is 0 Å². The molecule has 2 heterocycles. The van der Waals surface area contributed by atoms with Gasteiger partial charge in [-0.05, 0) is 11.6 Å². The fourth-order valence-electron chi connectivity index (χ4n) is 2.39. The average Bonchev–Trinajstić information content (AvgIpc) is 3.03. The lowest BCUT2D eigenvalue weighted by atomic mass is 9.93. The van der Waals surface area contributed by atoms with Gasteiger partial charge in [0.05, 0.1) is 11.6 Å². The molecule has 1 aromatic heterocycles. The maximum atomic E-state index is 12.5. The normalized spacial score (nSPS) is 17.2. The van der Waals surface area contributed by atoms with E-state index in [1.54, 1.807) is 0 Å². The maximum Gasteiger partial charge on any atom is 0.235 e. The summed E-state index contributed by atoms with van der Waals surface area (Å²) in [4.78, 5) is 17.0. The van der Waals surface area contributed by atoms with Gasteiger partial charge < -0.3 is 10.6 Å². The minimum atomic E-state index is -0.150. The van der Waals surface area contributed by atoms with Crippen LogP contribution < -0.4 is 10.6 Å². The van der Waals surface area contributed by atoms with Crippen LogP contribution in [0.4, 0.5) is 10.8 Å². The Bertz CT molecular complexity index is 672. The van der Waals surface area contributed by atoms with Gasteiger partial charge in [-0.2, -0.15) is 0 Å². The van der Waals surface area contributed by atoms with Crippen molar-refractivity contribution in [3.8, 4) is 0 Å². The third kappa shape index (κ3) is 2.78. The van der Waals surface area contributed by atoms with Gasteiger partial charge in [-0.3, -0.25) is 4.79 Å². The summed E-state index contributed by atoms with van der Waals surface area (Å²) >= 11 is 1.48. The maximum absolute atomic E-state index is 12.5. The number of carbonyl (C=O) groups is 1. The number of fused-ring (bicyclic) bond motifs is 1. The number of anilines is 2. The SMILES string of the molecule is CC(C)(C)c1csc(NC(=O)C2CNc3ccccc32)n1. The first-order valence-corrected chi connectivity index (χ1v) is 7.93.